The van der Waals surface area contributed by atoms with Gasteiger partial charge in [0.2, 0.25) is 0 Å². The number of aromatic nitrogens is 5. The molecule has 1 fully saturated rings. The van der Waals surface area contributed by atoms with E-state index in [1.807, 2.05) is 0 Å². The normalized spacial score (nSPS) is 18.3. The third-order valence-corrected chi connectivity index (χ3v) is 5.11. The summed E-state index contributed by atoms with van der Waals surface area (Å²) in [4.78, 5) is 32.2. The minimum absolute atomic E-state index is 0.132. The van der Waals surface area contributed by atoms with Gasteiger partial charge in [-0.05, 0) is 42.0 Å². The van der Waals surface area contributed by atoms with E-state index in [0.29, 0.717) is 23.3 Å². The average molecular weight is 399 g/mol. The SMILES string of the molecule is O=c1[nH]cc(-c2cc([C@H]3C[C@@H]3c3cc(F)c(F)c(F)c3)c3nccn3n2)c(=O)[nH]1. The molecule has 1 aromatic carbocycles. The maximum atomic E-state index is 13.6. The monoisotopic (exact) mass is 399 g/mol. The Morgan fingerprint density at radius 1 is 1.07 bits per heavy atom. The van der Waals surface area contributed by atoms with Crippen molar-refractivity contribution in [1.82, 2.24) is 24.6 Å². The minimum atomic E-state index is -1.50. The molecule has 5 rings (SSSR count). The standard InChI is InChI=1S/C19H12F3N5O2/c20-13-3-8(4-14(21)16(13)22)9-5-10(9)11-6-15(26-27-2-1-23-17(11)27)12-7-24-19(29)25-18(12)28/h1-4,6-7,9-10H,5H2,(H2,24,25,28,29)/t9-,10+/m1/s1. The van der Waals surface area contributed by atoms with E-state index >= 15 is 0 Å². The molecule has 0 amide bonds. The van der Waals surface area contributed by atoms with Gasteiger partial charge in [0.05, 0.1) is 11.3 Å². The fraction of sp³-hybridized carbons (Fsp3) is 0.158. The van der Waals surface area contributed by atoms with E-state index in [2.05, 4.69) is 20.1 Å². The van der Waals surface area contributed by atoms with Gasteiger partial charge in [-0.25, -0.2) is 27.5 Å². The van der Waals surface area contributed by atoms with Crippen LogP contribution in [0.25, 0.3) is 16.9 Å². The summed E-state index contributed by atoms with van der Waals surface area (Å²) < 4.78 is 42.0. The van der Waals surface area contributed by atoms with Crippen LogP contribution >= 0.6 is 0 Å². The minimum Gasteiger partial charge on any atom is -0.313 e. The molecule has 0 radical (unpaired) electrons. The number of halogens is 3. The van der Waals surface area contributed by atoms with Gasteiger partial charge in [0.1, 0.15) is 0 Å². The highest BCUT2D eigenvalue weighted by atomic mass is 19.2. The molecule has 3 aromatic heterocycles. The lowest BCUT2D eigenvalue weighted by molar-refractivity contribution is 0.445. The first kappa shape index (κ1) is 17.4. The summed E-state index contributed by atoms with van der Waals surface area (Å²) in [5.41, 5.74) is 0.886. The number of hydrogen-bond acceptors (Lipinski definition) is 4. The molecule has 7 nitrogen and oxygen atoms in total. The molecule has 1 saturated carbocycles. The number of H-pyrrole nitrogens is 2. The first-order chi connectivity index (χ1) is 13.9. The van der Waals surface area contributed by atoms with Crippen LogP contribution in [0.5, 0.6) is 0 Å². The topological polar surface area (TPSA) is 95.9 Å². The summed E-state index contributed by atoms with van der Waals surface area (Å²) in [5, 5.41) is 4.35. The third-order valence-electron chi connectivity index (χ3n) is 5.11. The highest BCUT2D eigenvalue weighted by molar-refractivity contribution is 5.63. The summed E-state index contributed by atoms with van der Waals surface area (Å²) in [6, 6.07) is 3.67. The molecule has 146 valence electrons. The Hall–Kier alpha value is -3.69. The predicted octanol–water partition coefficient (Wildman–Crippen LogP) is 2.46. The van der Waals surface area contributed by atoms with E-state index in [9.17, 15) is 22.8 Å². The van der Waals surface area contributed by atoms with Crippen LogP contribution in [0.15, 0.2) is 46.4 Å². The van der Waals surface area contributed by atoms with Gasteiger partial charge in [0, 0.05) is 24.2 Å². The zero-order valence-corrected chi connectivity index (χ0v) is 14.6. The van der Waals surface area contributed by atoms with Crippen molar-refractivity contribution < 1.29 is 13.2 Å². The van der Waals surface area contributed by atoms with Crippen molar-refractivity contribution in [2.45, 2.75) is 18.3 Å². The van der Waals surface area contributed by atoms with Gasteiger partial charge < -0.3 is 4.98 Å². The van der Waals surface area contributed by atoms with Gasteiger partial charge in [-0.3, -0.25) is 9.78 Å². The molecule has 4 aromatic rings. The number of fused-ring (bicyclic) bond motifs is 1. The zero-order chi connectivity index (χ0) is 20.3. The Balaban J connectivity index is 1.60. The van der Waals surface area contributed by atoms with E-state index < -0.39 is 28.7 Å². The Bertz CT molecular complexity index is 1370. The van der Waals surface area contributed by atoms with E-state index in [-0.39, 0.29) is 17.4 Å². The Morgan fingerprint density at radius 3 is 2.55 bits per heavy atom. The fourth-order valence-corrected chi connectivity index (χ4v) is 3.64. The molecule has 0 unspecified atom stereocenters. The van der Waals surface area contributed by atoms with E-state index in [4.69, 9.17) is 0 Å². The van der Waals surface area contributed by atoms with Crippen LogP contribution in [-0.2, 0) is 0 Å². The molecule has 0 aliphatic heterocycles. The Morgan fingerprint density at radius 2 is 1.83 bits per heavy atom. The maximum Gasteiger partial charge on any atom is 0.325 e. The van der Waals surface area contributed by atoms with Crippen molar-refractivity contribution in [2.75, 3.05) is 0 Å². The second-order valence-electron chi connectivity index (χ2n) is 6.91. The van der Waals surface area contributed by atoms with Crippen molar-refractivity contribution in [2.24, 2.45) is 0 Å². The van der Waals surface area contributed by atoms with Gasteiger partial charge in [0.25, 0.3) is 5.56 Å². The maximum absolute atomic E-state index is 13.6. The molecule has 3 heterocycles. The van der Waals surface area contributed by atoms with Gasteiger partial charge in [-0.1, -0.05) is 0 Å². The quantitative estimate of drug-likeness (QED) is 0.518. The Labute approximate surface area is 159 Å². The smallest absolute Gasteiger partial charge is 0.313 e. The van der Waals surface area contributed by atoms with Crippen LogP contribution in [0, 0.1) is 17.5 Å². The molecule has 1 aliphatic rings. The second kappa shape index (κ2) is 6.16. The predicted molar refractivity (Wildman–Crippen MR) is 96.1 cm³/mol. The number of aromatic amines is 2. The zero-order valence-electron chi connectivity index (χ0n) is 14.6. The van der Waals surface area contributed by atoms with Gasteiger partial charge in [0.15, 0.2) is 23.1 Å². The third kappa shape index (κ3) is 2.84. The van der Waals surface area contributed by atoms with Crippen LogP contribution in [-0.4, -0.2) is 24.6 Å². The van der Waals surface area contributed by atoms with Gasteiger partial charge >= 0.3 is 5.69 Å². The van der Waals surface area contributed by atoms with Crippen molar-refractivity contribution in [3.8, 4) is 11.3 Å². The van der Waals surface area contributed by atoms with Crippen molar-refractivity contribution in [1.29, 1.82) is 0 Å². The number of hydrogen-bond donors (Lipinski definition) is 2. The molecule has 0 bridgehead atoms. The molecule has 1 aliphatic carbocycles. The van der Waals surface area contributed by atoms with Crippen molar-refractivity contribution >= 4 is 5.65 Å². The summed E-state index contributed by atoms with van der Waals surface area (Å²) in [5.74, 6) is -4.30. The van der Waals surface area contributed by atoms with Crippen molar-refractivity contribution in [3.05, 3.63) is 86.2 Å². The molecule has 2 atom stereocenters. The molecule has 0 spiro atoms. The van der Waals surface area contributed by atoms with Crippen molar-refractivity contribution in [3.63, 3.8) is 0 Å². The highest BCUT2D eigenvalue weighted by Crippen LogP contribution is 2.55. The van der Waals surface area contributed by atoms with Crippen LogP contribution in [0.2, 0.25) is 0 Å². The summed E-state index contributed by atoms with van der Waals surface area (Å²) >= 11 is 0. The summed E-state index contributed by atoms with van der Waals surface area (Å²) in [7, 11) is 0. The fourth-order valence-electron chi connectivity index (χ4n) is 3.64. The first-order valence-electron chi connectivity index (χ1n) is 8.73. The number of rotatable bonds is 3. The molecule has 0 saturated heterocycles. The summed E-state index contributed by atoms with van der Waals surface area (Å²) in [6.45, 7) is 0. The molecule has 29 heavy (non-hydrogen) atoms. The van der Waals surface area contributed by atoms with E-state index in [1.54, 1.807) is 18.5 Å². The highest BCUT2D eigenvalue weighted by Gasteiger charge is 2.42. The molecular weight excluding hydrogens is 387 g/mol. The number of nitrogens with one attached hydrogen (secondary N) is 2. The van der Waals surface area contributed by atoms with Gasteiger partial charge in [-0.2, -0.15) is 5.10 Å². The molecule has 10 heteroatoms. The second-order valence-corrected chi connectivity index (χ2v) is 6.91. The van der Waals surface area contributed by atoms with Crippen LogP contribution < -0.4 is 11.2 Å². The number of benzene rings is 1. The largest absolute Gasteiger partial charge is 0.325 e. The lowest BCUT2D eigenvalue weighted by Gasteiger charge is -2.08. The first-order valence-corrected chi connectivity index (χ1v) is 8.73. The lowest BCUT2D eigenvalue weighted by Crippen LogP contribution is -2.23. The van der Waals surface area contributed by atoms with E-state index in [1.165, 1.54) is 10.7 Å². The number of imidazole rings is 1. The number of nitrogens with zero attached hydrogens (tertiary/aromatic N) is 3. The molecular formula is C19H12F3N5O2. The molecule has 2 N–H and O–H groups in total. The lowest BCUT2D eigenvalue weighted by atomic mass is 10.0. The Kier molecular flexibility index (Phi) is 3.70. The van der Waals surface area contributed by atoms with Crippen LogP contribution in [0.3, 0.4) is 0 Å². The van der Waals surface area contributed by atoms with Crippen LogP contribution in [0.4, 0.5) is 13.2 Å². The van der Waals surface area contributed by atoms with Crippen LogP contribution in [0.1, 0.15) is 29.4 Å². The van der Waals surface area contributed by atoms with Gasteiger partial charge in [-0.15, -0.1) is 0 Å². The average Bonchev–Trinajstić information content (AvgIpc) is 3.33. The summed E-state index contributed by atoms with van der Waals surface area (Å²) in [6.07, 6.45) is 5.00. The van der Waals surface area contributed by atoms with E-state index in [0.717, 1.165) is 17.7 Å².